The Morgan fingerprint density at radius 2 is 2.00 bits per heavy atom. The Labute approximate surface area is 127 Å². The van der Waals surface area contributed by atoms with E-state index in [0.717, 1.165) is 29.8 Å². The summed E-state index contributed by atoms with van der Waals surface area (Å²) < 4.78 is 0. The zero-order valence-corrected chi connectivity index (χ0v) is 14.1. The fourth-order valence-electron chi connectivity index (χ4n) is 1.65. The van der Waals surface area contributed by atoms with Crippen LogP contribution in [0.4, 0.5) is 0 Å². The Kier molecular flexibility index (Phi) is 7.89. The second-order valence-electron chi connectivity index (χ2n) is 5.60. The van der Waals surface area contributed by atoms with Crippen LogP contribution < -0.4 is 5.32 Å². The van der Waals surface area contributed by atoms with E-state index in [2.05, 4.69) is 45.1 Å². The minimum absolute atomic E-state index is 0.684. The van der Waals surface area contributed by atoms with Crippen molar-refractivity contribution < 1.29 is 0 Å². The molecule has 0 aliphatic heterocycles. The second-order valence-corrected chi connectivity index (χ2v) is 7.10. The van der Waals surface area contributed by atoms with Gasteiger partial charge in [-0.25, -0.2) is 0 Å². The molecule has 3 heteroatoms. The minimum atomic E-state index is 0.684. The van der Waals surface area contributed by atoms with Gasteiger partial charge in [-0.1, -0.05) is 51.8 Å². The first-order valence-corrected chi connectivity index (χ1v) is 8.51. The van der Waals surface area contributed by atoms with E-state index >= 15 is 0 Å². The van der Waals surface area contributed by atoms with Gasteiger partial charge in [-0.05, 0) is 36.1 Å². The van der Waals surface area contributed by atoms with Crippen LogP contribution in [0.15, 0.2) is 23.1 Å². The average Bonchev–Trinajstić information content (AvgIpc) is 2.37. The van der Waals surface area contributed by atoms with Gasteiger partial charge in [0.15, 0.2) is 0 Å². The van der Waals surface area contributed by atoms with Gasteiger partial charge in [-0.2, -0.15) is 0 Å². The Morgan fingerprint density at radius 3 is 2.63 bits per heavy atom. The third-order valence-corrected chi connectivity index (χ3v) is 4.78. The molecule has 0 saturated carbocycles. The summed E-state index contributed by atoms with van der Waals surface area (Å²) in [4.78, 5) is 1.32. The summed E-state index contributed by atoms with van der Waals surface area (Å²) in [5, 5.41) is 4.34. The average molecular weight is 300 g/mol. The molecule has 0 aliphatic carbocycles. The van der Waals surface area contributed by atoms with Crippen molar-refractivity contribution in [2.75, 3.05) is 12.3 Å². The maximum atomic E-state index is 6.12. The van der Waals surface area contributed by atoms with Crippen molar-refractivity contribution in [3.8, 4) is 0 Å². The summed E-state index contributed by atoms with van der Waals surface area (Å²) in [7, 11) is 0. The number of halogens is 1. The van der Waals surface area contributed by atoms with Crippen LogP contribution >= 0.6 is 23.4 Å². The number of rotatable bonds is 8. The van der Waals surface area contributed by atoms with Crippen LogP contribution in [0.2, 0.25) is 5.02 Å². The van der Waals surface area contributed by atoms with Crippen LogP contribution in [-0.4, -0.2) is 12.3 Å². The number of nitrogens with one attached hydrogen (secondary N) is 1. The third-order valence-electron chi connectivity index (χ3n) is 3.12. The lowest BCUT2D eigenvalue weighted by molar-refractivity contribution is 0.550. The molecule has 0 heterocycles. The zero-order chi connectivity index (χ0) is 14.3. The fourth-order valence-corrected chi connectivity index (χ4v) is 3.13. The lowest BCUT2D eigenvalue weighted by Crippen LogP contribution is -2.19. The van der Waals surface area contributed by atoms with Crippen molar-refractivity contribution in [2.45, 2.75) is 45.6 Å². The van der Waals surface area contributed by atoms with Crippen molar-refractivity contribution in [3.63, 3.8) is 0 Å². The van der Waals surface area contributed by atoms with E-state index in [4.69, 9.17) is 11.6 Å². The molecule has 0 aliphatic rings. The predicted octanol–water partition coefficient (Wildman–Crippen LogP) is 5.22. The molecule has 1 nitrogen and oxygen atoms in total. The van der Waals surface area contributed by atoms with Crippen molar-refractivity contribution in [3.05, 3.63) is 28.8 Å². The van der Waals surface area contributed by atoms with Crippen LogP contribution in [0, 0.1) is 11.8 Å². The molecular formula is C16H26ClNS. The van der Waals surface area contributed by atoms with E-state index < -0.39 is 0 Å². The molecule has 0 spiro atoms. The highest BCUT2D eigenvalue weighted by Gasteiger charge is 2.07. The highest BCUT2D eigenvalue weighted by Crippen LogP contribution is 2.28. The molecule has 19 heavy (non-hydrogen) atoms. The standard InChI is InChI=1S/C16H26ClNS/c1-5-13(4)11-19-16-8-15(17)7-6-14(16)10-18-9-12(2)3/h6-8,12-13,18H,5,9-11H2,1-4H3. The number of thioether (sulfide) groups is 1. The van der Waals surface area contributed by atoms with Gasteiger partial charge in [0, 0.05) is 22.2 Å². The molecule has 0 radical (unpaired) electrons. The summed E-state index contributed by atoms with van der Waals surface area (Å²) in [6, 6.07) is 6.23. The van der Waals surface area contributed by atoms with E-state index in [0.29, 0.717) is 5.92 Å². The van der Waals surface area contributed by atoms with E-state index in [-0.39, 0.29) is 0 Å². The maximum absolute atomic E-state index is 6.12. The van der Waals surface area contributed by atoms with Crippen molar-refractivity contribution >= 4 is 23.4 Å². The lowest BCUT2D eigenvalue weighted by atomic mass is 10.2. The fraction of sp³-hybridized carbons (Fsp3) is 0.625. The molecule has 1 aromatic rings. The smallest absolute Gasteiger partial charge is 0.0417 e. The molecule has 1 unspecified atom stereocenters. The van der Waals surface area contributed by atoms with Crippen LogP contribution in [0.25, 0.3) is 0 Å². The van der Waals surface area contributed by atoms with Crippen LogP contribution in [0.5, 0.6) is 0 Å². The Bertz CT molecular complexity index is 379. The summed E-state index contributed by atoms with van der Waals surface area (Å²) in [6.07, 6.45) is 1.23. The molecule has 1 N–H and O–H groups in total. The summed E-state index contributed by atoms with van der Waals surface area (Å²) in [5.41, 5.74) is 1.36. The summed E-state index contributed by atoms with van der Waals surface area (Å²) >= 11 is 8.05. The normalized spacial score (nSPS) is 12.9. The molecule has 1 rings (SSSR count). The SMILES string of the molecule is CCC(C)CSc1cc(Cl)ccc1CNCC(C)C. The van der Waals surface area contributed by atoms with Gasteiger partial charge in [0.1, 0.15) is 0 Å². The summed E-state index contributed by atoms with van der Waals surface area (Å²) in [6.45, 7) is 11.0. The lowest BCUT2D eigenvalue weighted by Gasteiger charge is -2.14. The number of hydrogen-bond donors (Lipinski definition) is 1. The minimum Gasteiger partial charge on any atom is -0.312 e. The quantitative estimate of drug-likeness (QED) is 0.660. The van der Waals surface area contributed by atoms with Gasteiger partial charge < -0.3 is 5.32 Å². The van der Waals surface area contributed by atoms with Gasteiger partial charge in [0.2, 0.25) is 0 Å². The van der Waals surface area contributed by atoms with Gasteiger partial charge in [-0.3, -0.25) is 0 Å². The monoisotopic (exact) mass is 299 g/mol. The highest BCUT2D eigenvalue weighted by atomic mass is 35.5. The first-order chi connectivity index (χ1) is 9.02. The topological polar surface area (TPSA) is 12.0 Å². The first kappa shape index (κ1) is 16.9. The van der Waals surface area contributed by atoms with Crippen LogP contribution in [0.1, 0.15) is 39.7 Å². The third kappa shape index (κ3) is 6.69. The van der Waals surface area contributed by atoms with E-state index in [1.807, 2.05) is 17.8 Å². The molecule has 0 bridgehead atoms. The Morgan fingerprint density at radius 1 is 1.26 bits per heavy atom. The van der Waals surface area contributed by atoms with E-state index in [1.165, 1.54) is 16.9 Å². The van der Waals surface area contributed by atoms with Gasteiger partial charge in [0.25, 0.3) is 0 Å². The van der Waals surface area contributed by atoms with Gasteiger partial charge in [0.05, 0.1) is 0 Å². The van der Waals surface area contributed by atoms with E-state index in [9.17, 15) is 0 Å². The Balaban J connectivity index is 2.63. The van der Waals surface area contributed by atoms with Crippen molar-refractivity contribution in [1.29, 1.82) is 0 Å². The molecular weight excluding hydrogens is 274 g/mol. The summed E-state index contributed by atoms with van der Waals surface area (Å²) in [5.74, 6) is 2.59. The number of benzene rings is 1. The molecule has 1 aromatic carbocycles. The first-order valence-electron chi connectivity index (χ1n) is 7.14. The van der Waals surface area contributed by atoms with Gasteiger partial charge in [-0.15, -0.1) is 11.8 Å². The number of hydrogen-bond acceptors (Lipinski definition) is 2. The predicted molar refractivity (Wildman–Crippen MR) is 88.2 cm³/mol. The zero-order valence-electron chi connectivity index (χ0n) is 12.5. The van der Waals surface area contributed by atoms with Crippen molar-refractivity contribution in [1.82, 2.24) is 5.32 Å². The molecule has 1 atom stereocenters. The Hall–Kier alpha value is -0.180. The van der Waals surface area contributed by atoms with Gasteiger partial charge >= 0.3 is 0 Å². The van der Waals surface area contributed by atoms with Crippen LogP contribution in [0.3, 0.4) is 0 Å². The highest BCUT2D eigenvalue weighted by molar-refractivity contribution is 7.99. The van der Waals surface area contributed by atoms with Crippen LogP contribution in [-0.2, 0) is 6.54 Å². The van der Waals surface area contributed by atoms with Crippen molar-refractivity contribution in [2.24, 2.45) is 11.8 Å². The molecule has 108 valence electrons. The molecule has 0 aromatic heterocycles. The maximum Gasteiger partial charge on any atom is 0.0417 e. The largest absolute Gasteiger partial charge is 0.312 e. The second kappa shape index (κ2) is 8.89. The molecule has 0 amide bonds. The molecule has 0 saturated heterocycles. The van der Waals surface area contributed by atoms with E-state index in [1.54, 1.807) is 0 Å². The molecule has 0 fully saturated rings.